The minimum Gasteiger partial charge on any atom is -0.508 e. The van der Waals surface area contributed by atoms with Crippen molar-refractivity contribution in [2.24, 2.45) is 5.92 Å². The molecule has 2 bridgehead atoms. The largest absolute Gasteiger partial charge is 0.508 e. The third-order valence-electron chi connectivity index (χ3n) is 20.7. The molecule has 5 aliphatic heterocycles. The van der Waals surface area contributed by atoms with E-state index >= 15 is 8.78 Å². The van der Waals surface area contributed by atoms with Crippen molar-refractivity contribution in [3.05, 3.63) is 101 Å². The highest BCUT2D eigenvalue weighted by molar-refractivity contribution is 7.13. The molecule has 3 amide bonds. The normalized spacial score (nSPS) is 20.2. The molecule has 4 aromatic heterocycles. The van der Waals surface area contributed by atoms with Gasteiger partial charge in [-0.05, 0) is 118 Å². The lowest BCUT2D eigenvalue weighted by atomic mass is 9.91. The molecule has 0 saturated carbocycles. The zero-order valence-electron chi connectivity index (χ0n) is 58.6. The number of nitrogens with zero attached hydrogens (tertiary/aromatic N) is 10. The van der Waals surface area contributed by atoms with Crippen LogP contribution in [0.2, 0.25) is 16.6 Å². The molecule has 7 aromatic rings. The number of aromatic nitrogens is 5. The quantitative estimate of drug-likeness (QED) is 0.0505. The fourth-order valence-electron chi connectivity index (χ4n) is 15.7. The fourth-order valence-corrected chi connectivity index (χ4v) is 21.8. The number of carbonyl (C=O) groups excluding carboxylic acids is 3. The van der Waals surface area contributed by atoms with Crippen LogP contribution in [0.5, 0.6) is 11.8 Å². The van der Waals surface area contributed by atoms with E-state index in [-0.39, 0.29) is 124 Å². The summed E-state index contributed by atoms with van der Waals surface area (Å²) in [5.74, 6) is 1.65. The molecule has 98 heavy (non-hydrogen) atoms. The summed E-state index contributed by atoms with van der Waals surface area (Å²) in [5.41, 5.74) is 8.65. The highest BCUT2D eigenvalue weighted by atomic mass is 32.1. The van der Waals surface area contributed by atoms with Crippen molar-refractivity contribution >= 4 is 70.6 Å². The highest BCUT2D eigenvalue weighted by Crippen LogP contribution is 2.44. The summed E-state index contributed by atoms with van der Waals surface area (Å²) in [4.78, 5) is 71.7. The van der Waals surface area contributed by atoms with Crippen molar-refractivity contribution in [1.29, 1.82) is 0 Å². The van der Waals surface area contributed by atoms with Crippen molar-refractivity contribution in [1.82, 2.24) is 45.1 Å². The number of carbonyl (C=O) groups is 3. The van der Waals surface area contributed by atoms with Crippen LogP contribution in [0.4, 0.5) is 25.2 Å². The van der Waals surface area contributed by atoms with Crippen LogP contribution >= 0.6 is 11.3 Å². The number of piperazine rings is 1. The summed E-state index contributed by atoms with van der Waals surface area (Å²) in [6.45, 7) is 30.7. The first-order valence-corrected chi connectivity index (χ1v) is 37.9. The van der Waals surface area contributed by atoms with Gasteiger partial charge in [0.1, 0.15) is 60.8 Å². The van der Waals surface area contributed by atoms with E-state index < -0.39 is 43.4 Å². The zero-order valence-corrected chi connectivity index (χ0v) is 60.4. The third-order valence-corrected chi connectivity index (χ3v) is 28.0. The summed E-state index contributed by atoms with van der Waals surface area (Å²) in [5, 5.41) is 30.7. The number of β-amino-alcohol motifs (C(OH)–C–C–N with tert-alkyl or cyclic N) is 1. The number of rotatable bonds is 19. The first kappa shape index (κ1) is 70.1. The van der Waals surface area contributed by atoms with E-state index in [9.17, 15) is 24.6 Å². The molecule has 5 saturated heterocycles. The number of anilines is 2. The maximum Gasteiger partial charge on any atom is 0.410 e. The number of aliphatic hydroxyl groups excluding tert-OH is 1. The number of aryl methyl sites for hydroxylation is 1. The molecule has 5 aliphatic rings. The molecule has 522 valence electrons. The van der Waals surface area contributed by atoms with E-state index in [1.807, 2.05) is 83.1 Å². The van der Waals surface area contributed by atoms with Crippen LogP contribution in [0.25, 0.3) is 43.4 Å². The van der Waals surface area contributed by atoms with E-state index in [1.165, 1.54) is 29.3 Å². The molecular weight excluding hydrogens is 1290 g/mol. The second-order valence-corrected chi connectivity index (χ2v) is 36.2. The number of halogens is 2. The standard InChI is InChI=1S/C74H93F2N11O9SSi/c1-41(2)63(71(91)86-37-53(89)32-60(86)70(90)79-45(9)47-14-16-48(17-15-47)68-46(10)78-40-97-68)61-33-62(82-96-61)84-38-55(39-84)94-54-22-25-83(26-23-54)27-28-93-72-80-67-58(69(81-72)85-35-50-19-20-51(36-85)87(50)73(92)95-74(11,12)13)34-77-66(65(67)76)57-31-52(88)30-49-18-21-59(75)56(64(49)57)24-29-98(42(3)4,43(5)6)44(7)8/h14-18,21,30-31,33-34,40-45,50-51,53-55,60,63,88-89H,19-20,22-23,25-28,32,35-39H2,1-13H3,(H,79,90)/t45-,50?,51?,53+,60-,63-/m0/s1. The maximum absolute atomic E-state index is 17.9. The number of aliphatic hydroxyl groups is 1. The highest BCUT2D eigenvalue weighted by Gasteiger charge is 2.47. The Morgan fingerprint density at radius 1 is 0.847 bits per heavy atom. The molecule has 0 spiro atoms. The van der Waals surface area contributed by atoms with Gasteiger partial charge < -0.3 is 49.0 Å². The number of ether oxygens (including phenoxy) is 3. The molecule has 3 aromatic carbocycles. The number of benzene rings is 3. The van der Waals surface area contributed by atoms with Crippen molar-refractivity contribution in [2.75, 3.05) is 68.8 Å². The Kier molecular flexibility index (Phi) is 20.3. The first-order valence-electron chi connectivity index (χ1n) is 34.8. The summed E-state index contributed by atoms with van der Waals surface area (Å²) in [6.07, 6.45) is 3.52. The lowest BCUT2D eigenvalue weighted by molar-refractivity contribution is -0.141. The van der Waals surface area contributed by atoms with Crippen molar-refractivity contribution in [2.45, 2.75) is 193 Å². The lowest BCUT2D eigenvalue weighted by Crippen LogP contribution is -2.57. The summed E-state index contributed by atoms with van der Waals surface area (Å²) < 4.78 is 59.2. The Morgan fingerprint density at radius 3 is 2.18 bits per heavy atom. The Labute approximate surface area is 577 Å². The van der Waals surface area contributed by atoms with Gasteiger partial charge in [0.2, 0.25) is 11.8 Å². The number of fused-ring (bicyclic) bond motifs is 4. The molecule has 12 rings (SSSR count). The van der Waals surface area contributed by atoms with Crippen molar-refractivity contribution < 1.29 is 52.1 Å². The van der Waals surface area contributed by atoms with Gasteiger partial charge in [0.25, 0.3) is 0 Å². The van der Waals surface area contributed by atoms with Crippen LogP contribution in [0.3, 0.4) is 0 Å². The number of pyridine rings is 1. The van der Waals surface area contributed by atoms with Gasteiger partial charge >= 0.3 is 12.1 Å². The van der Waals surface area contributed by atoms with E-state index in [0.29, 0.717) is 66.3 Å². The average Bonchev–Trinajstić information content (AvgIpc) is 0.914. The van der Waals surface area contributed by atoms with E-state index in [0.717, 1.165) is 60.5 Å². The number of phenolic OH excluding ortho intramolecular Hbond substituents is 1. The zero-order chi connectivity index (χ0) is 69.8. The third kappa shape index (κ3) is 14.2. The fraction of sp³-hybridized carbons (Fsp3) is 0.541. The number of amides is 3. The Hall–Kier alpha value is -7.82. The van der Waals surface area contributed by atoms with Crippen molar-refractivity contribution in [3.63, 3.8) is 0 Å². The number of thiazole rings is 1. The molecular formula is C74H93F2N11O9SSi. The van der Waals surface area contributed by atoms with E-state index in [2.05, 4.69) is 83.2 Å². The SMILES string of the molecule is Cc1ncsc1-c1ccc([C@H](C)NC(=O)[C@@H]2C[C@@H](O)CN2C(=O)[C@H](c2cc(N3CC(OC4CCN(CCOc5nc(N6CC7CCC(C6)N7C(=O)OC(C)(C)C)c6cnc(-c7cc(O)cc8ccc(F)c(C#C[Si](C(C)C)(C(C)C)C(C)C)c78)c(F)c6n5)CC4)C3)no2)C(C)C)cc1. The van der Waals surface area contributed by atoms with Gasteiger partial charge in [-0.3, -0.25) is 24.4 Å². The van der Waals surface area contributed by atoms with Gasteiger partial charge in [-0.25, -0.2) is 18.6 Å². The van der Waals surface area contributed by atoms with E-state index in [4.69, 9.17) is 33.7 Å². The monoisotopic (exact) mass is 1380 g/mol. The summed E-state index contributed by atoms with van der Waals surface area (Å²) in [7, 11) is -2.37. The first-order chi connectivity index (χ1) is 46.7. The van der Waals surface area contributed by atoms with E-state index in [1.54, 1.807) is 23.5 Å². The number of piperidine rings is 1. The Morgan fingerprint density at radius 2 is 1.54 bits per heavy atom. The van der Waals surface area contributed by atoms with Crippen LogP contribution in [0.1, 0.15) is 150 Å². The average molecular weight is 1380 g/mol. The minimum atomic E-state index is -2.37. The number of nitrogens with one attached hydrogen (secondary N) is 1. The van der Waals surface area contributed by atoms with Gasteiger partial charge in [-0.15, -0.1) is 16.9 Å². The van der Waals surface area contributed by atoms with Crippen LogP contribution in [-0.4, -0.2) is 177 Å². The molecule has 0 radical (unpaired) electrons. The molecule has 3 N–H and O–H groups in total. The molecule has 5 fully saturated rings. The van der Waals surface area contributed by atoms with Crippen LogP contribution in [0, 0.1) is 35.9 Å². The predicted molar refractivity (Wildman–Crippen MR) is 378 cm³/mol. The second kappa shape index (κ2) is 28.4. The smallest absolute Gasteiger partial charge is 0.410 e. The summed E-state index contributed by atoms with van der Waals surface area (Å²) >= 11 is 1.58. The number of phenols is 1. The van der Waals surface area contributed by atoms with Gasteiger partial charge in [0.05, 0.1) is 63.5 Å². The van der Waals surface area contributed by atoms with Gasteiger partial charge in [-0.2, -0.15) is 9.97 Å². The topological polar surface area (TPSA) is 225 Å². The van der Waals surface area contributed by atoms with Crippen LogP contribution < -0.4 is 19.9 Å². The number of hydrogen-bond acceptors (Lipinski definition) is 18. The lowest BCUT2D eigenvalue weighted by Gasteiger charge is -2.42. The van der Waals surface area contributed by atoms with Gasteiger partial charge in [0, 0.05) is 82.0 Å². The van der Waals surface area contributed by atoms with Gasteiger partial charge in [0.15, 0.2) is 17.4 Å². The molecule has 2 unspecified atom stereocenters. The van der Waals surface area contributed by atoms with Crippen LogP contribution in [-0.2, 0) is 19.1 Å². The van der Waals surface area contributed by atoms with Crippen LogP contribution in [0.15, 0.2) is 70.8 Å². The Bertz CT molecular complexity index is 4120. The van der Waals surface area contributed by atoms with Gasteiger partial charge in [-0.1, -0.05) is 96.8 Å². The number of hydrogen-bond donors (Lipinski definition) is 3. The maximum atomic E-state index is 17.9. The number of likely N-dealkylation sites (tertiary alicyclic amines) is 2. The summed E-state index contributed by atoms with van der Waals surface area (Å²) in [6, 6.07) is 14.1. The molecule has 6 atom stereocenters. The second-order valence-electron chi connectivity index (χ2n) is 29.7. The predicted octanol–water partition coefficient (Wildman–Crippen LogP) is 12.7. The number of aromatic hydroxyl groups is 1. The molecule has 20 nitrogen and oxygen atoms in total. The molecule has 24 heteroatoms. The van der Waals surface area contributed by atoms with Crippen molar-refractivity contribution in [3.8, 4) is 44.9 Å². The minimum absolute atomic E-state index is 0.0279. The molecule has 0 aliphatic carbocycles. The Balaban J connectivity index is 0.697. The molecule has 9 heterocycles.